The van der Waals surface area contributed by atoms with Gasteiger partial charge < -0.3 is 5.73 Å². The molecule has 0 heterocycles. The Morgan fingerprint density at radius 1 is 0.941 bits per heavy atom. The molecule has 0 atom stereocenters. The van der Waals surface area contributed by atoms with Crippen LogP contribution >= 0.6 is 0 Å². The van der Waals surface area contributed by atoms with Gasteiger partial charge in [-0.05, 0) is 29.2 Å². The van der Waals surface area contributed by atoms with Crippen LogP contribution in [0.25, 0.3) is 11.1 Å². The van der Waals surface area contributed by atoms with E-state index in [-0.39, 0.29) is 5.41 Å². The van der Waals surface area contributed by atoms with Gasteiger partial charge in [0.1, 0.15) is 0 Å². The number of benzene rings is 2. The lowest BCUT2D eigenvalue weighted by molar-refractivity contribution is 0.687. The fourth-order valence-corrected chi connectivity index (χ4v) is 2.80. The number of fused-ring (bicyclic) bond motifs is 3. The maximum atomic E-state index is 6.07. The van der Waals surface area contributed by atoms with Crippen LogP contribution in [-0.2, 0) is 5.41 Å². The monoisotopic (exact) mass is 221 g/mol. The lowest BCUT2D eigenvalue weighted by atomic mass is 9.78. The Bertz CT molecular complexity index is 565. The molecule has 1 aliphatic rings. The van der Waals surface area contributed by atoms with Gasteiger partial charge in [-0.2, -0.15) is 0 Å². The Morgan fingerprint density at radius 2 is 1.35 bits per heavy atom. The first-order valence-corrected chi connectivity index (χ1v) is 5.80. The molecule has 84 valence electrons. The van der Waals surface area contributed by atoms with Gasteiger partial charge in [-0.25, -0.2) is 0 Å². The van der Waals surface area contributed by atoms with Crippen LogP contribution in [0.3, 0.4) is 0 Å². The molecule has 0 aliphatic heterocycles. The first-order valence-electron chi connectivity index (χ1n) is 5.80. The Kier molecular flexibility index (Phi) is 1.93. The highest BCUT2D eigenvalue weighted by Gasteiger charge is 2.40. The molecule has 1 aliphatic carbocycles. The van der Waals surface area contributed by atoms with Crippen LogP contribution in [0.2, 0.25) is 0 Å². The molecule has 2 aromatic rings. The zero-order valence-electron chi connectivity index (χ0n) is 9.90. The predicted octanol–water partition coefficient (Wildman–Crippen LogP) is 3.45. The van der Waals surface area contributed by atoms with Gasteiger partial charge in [-0.1, -0.05) is 55.1 Å². The summed E-state index contributed by atoms with van der Waals surface area (Å²) >= 11 is 0. The molecule has 17 heavy (non-hydrogen) atoms. The van der Waals surface area contributed by atoms with Crippen LogP contribution in [0.15, 0.2) is 60.8 Å². The lowest BCUT2D eigenvalue weighted by Crippen LogP contribution is -2.27. The minimum atomic E-state index is -0.257. The molecular formula is C16H15N. The van der Waals surface area contributed by atoms with Crippen molar-refractivity contribution in [2.75, 3.05) is 0 Å². The molecule has 0 aromatic heterocycles. The standard InChI is InChI=1S/C16H15N/c1-11(17)16(2)14-9-5-3-7-12(14)13-8-4-6-10-15(13)16/h3-10H,1,17H2,2H3. The van der Waals surface area contributed by atoms with Crippen molar-refractivity contribution >= 4 is 0 Å². The Labute approximate surface area is 102 Å². The first-order chi connectivity index (χ1) is 8.15. The van der Waals surface area contributed by atoms with Gasteiger partial charge >= 0.3 is 0 Å². The summed E-state index contributed by atoms with van der Waals surface area (Å²) in [6.45, 7) is 6.14. The zero-order chi connectivity index (χ0) is 12.0. The maximum absolute atomic E-state index is 6.07. The molecule has 1 nitrogen and oxygen atoms in total. The molecule has 0 radical (unpaired) electrons. The third kappa shape index (κ3) is 1.14. The topological polar surface area (TPSA) is 26.0 Å². The van der Waals surface area contributed by atoms with Crippen LogP contribution in [0.1, 0.15) is 18.1 Å². The van der Waals surface area contributed by atoms with Gasteiger partial charge in [0.2, 0.25) is 0 Å². The smallest absolute Gasteiger partial charge is 0.0574 e. The minimum absolute atomic E-state index is 0.257. The highest BCUT2D eigenvalue weighted by Crippen LogP contribution is 2.50. The largest absolute Gasteiger partial charge is 0.402 e. The van der Waals surface area contributed by atoms with E-state index < -0.39 is 0 Å². The number of rotatable bonds is 1. The highest BCUT2D eigenvalue weighted by molar-refractivity contribution is 5.82. The number of hydrogen-bond acceptors (Lipinski definition) is 1. The first kappa shape index (κ1) is 10.2. The Morgan fingerprint density at radius 3 is 1.76 bits per heavy atom. The fraction of sp³-hybridized carbons (Fsp3) is 0.125. The molecular weight excluding hydrogens is 206 g/mol. The third-order valence-corrected chi connectivity index (χ3v) is 3.86. The summed E-state index contributed by atoms with van der Waals surface area (Å²) in [6, 6.07) is 16.9. The second kappa shape index (κ2) is 3.24. The van der Waals surface area contributed by atoms with Crippen molar-refractivity contribution in [3.63, 3.8) is 0 Å². The van der Waals surface area contributed by atoms with Gasteiger partial charge in [0.25, 0.3) is 0 Å². The van der Waals surface area contributed by atoms with Crippen LogP contribution in [-0.4, -0.2) is 0 Å². The van der Waals surface area contributed by atoms with Crippen LogP contribution in [0, 0.1) is 0 Å². The van der Waals surface area contributed by atoms with Crippen LogP contribution < -0.4 is 5.73 Å². The van der Waals surface area contributed by atoms with E-state index in [1.54, 1.807) is 0 Å². The van der Waals surface area contributed by atoms with E-state index in [0.717, 1.165) is 0 Å². The normalized spacial score (nSPS) is 15.1. The molecule has 0 amide bonds. The average molecular weight is 221 g/mol. The summed E-state index contributed by atoms with van der Waals surface area (Å²) in [6.07, 6.45) is 0. The molecule has 2 N–H and O–H groups in total. The summed E-state index contributed by atoms with van der Waals surface area (Å²) < 4.78 is 0. The van der Waals surface area contributed by atoms with Gasteiger partial charge in [0.05, 0.1) is 5.41 Å². The quantitative estimate of drug-likeness (QED) is 0.784. The van der Waals surface area contributed by atoms with E-state index in [1.165, 1.54) is 22.3 Å². The highest BCUT2D eigenvalue weighted by atomic mass is 14.6. The second-order valence-corrected chi connectivity index (χ2v) is 4.74. The van der Waals surface area contributed by atoms with Crippen molar-refractivity contribution in [2.24, 2.45) is 5.73 Å². The summed E-state index contributed by atoms with van der Waals surface area (Å²) in [5, 5.41) is 0. The van der Waals surface area contributed by atoms with Gasteiger partial charge in [-0.15, -0.1) is 0 Å². The molecule has 0 saturated carbocycles. The van der Waals surface area contributed by atoms with E-state index in [4.69, 9.17) is 5.73 Å². The molecule has 0 bridgehead atoms. The minimum Gasteiger partial charge on any atom is -0.402 e. The van der Waals surface area contributed by atoms with Crippen molar-refractivity contribution in [1.29, 1.82) is 0 Å². The van der Waals surface area contributed by atoms with Gasteiger partial charge in [0.15, 0.2) is 0 Å². The molecule has 1 heteroatoms. The maximum Gasteiger partial charge on any atom is 0.0574 e. The molecule has 0 fully saturated rings. The van der Waals surface area contributed by atoms with Crippen molar-refractivity contribution in [1.82, 2.24) is 0 Å². The van der Waals surface area contributed by atoms with E-state index >= 15 is 0 Å². The number of nitrogens with two attached hydrogens (primary N) is 1. The molecule has 0 spiro atoms. The molecule has 3 rings (SSSR count). The zero-order valence-corrected chi connectivity index (χ0v) is 9.90. The van der Waals surface area contributed by atoms with Crippen molar-refractivity contribution < 1.29 is 0 Å². The van der Waals surface area contributed by atoms with Crippen molar-refractivity contribution in [3.8, 4) is 11.1 Å². The molecule has 2 aromatic carbocycles. The summed E-state index contributed by atoms with van der Waals surface area (Å²) in [7, 11) is 0. The Balaban J connectivity index is 2.43. The predicted molar refractivity (Wildman–Crippen MR) is 71.7 cm³/mol. The van der Waals surface area contributed by atoms with Crippen LogP contribution in [0.4, 0.5) is 0 Å². The van der Waals surface area contributed by atoms with E-state index in [2.05, 4.69) is 62.0 Å². The molecule has 0 saturated heterocycles. The van der Waals surface area contributed by atoms with Crippen molar-refractivity contribution in [3.05, 3.63) is 71.9 Å². The Hall–Kier alpha value is -2.02. The van der Waals surface area contributed by atoms with Crippen molar-refractivity contribution in [2.45, 2.75) is 12.3 Å². The fourth-order valence-electron chi connectivity index (χ4n) is 2.80. The van der Waals surface area contributed by atoms with E-state index in [0.29, 0.717) is 5.70 Å². The SMILES string of the molecule is C=C(N)C1(C)c2ccccc2-c2ccccc21. The molecule has 0 unspecified atom stereocenters. The number of allylic oxidation sites excluding steroid dienone is 1. The van der Waals surface area contributed by atoms with E-state index in [9.17, 15) is 0 Å². The second-order valence-electron chi connectivity index (χ2n) is 4.74. The number of hydrogen-bond donors (Lipinski definition) is 1. The van der Waals surface area contributed by atoms with Gasteiger partial charge in [0, 0.05) is 5.70 Å². The average Bonchev–Trinajstić information content (AvgIpc) is 2.63. The summed E-state index contributed by atoms with van der Waals surface area (Å²) in [5.74, 6) is 0. The van der Waals surface area contributed by atoms with Crippen LogP contribution in [0.5, 0.6) is 0 Å². The summed E-state index contributed by atoms with van der Waals surface area (Å²) in [4.78, 5) is 0. The lowest BCUT2D eigenvalue weighted by Gasteiger charge is -2.27. The van der Waals surface area contributed by atoms with E-state index in [1.807, 2.05) is 0 Å². The summed E-state index contributed by atoms with van der Waals surface area (Å²) in [5.41, 5.74) is 11.6. The van der Waals surface area contributed by atoms with Gasteiger partial charge in [-0.3, -0.25) is 0 Å². The third-order valence-electron chi connectivity index (χ3n) is 3.86.